The van der Waals surface area contributed by atoms with Crippen molar-refractivity contribution in [2.45, 2.75) is 44.3 Å². The quantitative estimate of drug-likeness (QED) is 0.721. The van der Waals surface area contributed by atoms with Crippen molar-refractivity contribution in [3.8, 4) is 0 Å². The third kappa shape index (κ3) is 2.34. The van der Waals surface area contributed by atoms with Crippen LogP contribution >= 0.6 is 0 Å². The van der Waals surface area contributed by atoms with Crippen LogP contribution in [0.15, 0.2) is 24.0 Å². The second-order valence-electron chi connectivity index (χ2n) is 4.55. The molecular formula is C12H21N3. The summed E-state index contributed by atoms with van der Waals surface area (Å²) in [5, 5.41) is 3.32. The number of allylic oxidation sites excluding steroid dienone is 2. The van der Waals surface area contributed by atoms with Crippen LogP contribution in [0.2, 0.25) is 0 Å². The second kappa shape index (κ2) is 4.71. The van der Waals surface area contributed by atoms with Crippen molar-refractivity contribution < 1.29 is 0 Å². The van der Waals surface area contributed by atoms with E-state index in [2.05, 4.69) is 17.3 Å². The highest BCUT2D eigenvalue weighted by molar-refractivity contribution is 5.19. The van der Waals surface area contributed by atoms with Gasteiger partial charge in [-0.3, -0.25) is 4.90 Å². The molecule has 1 atom stereocenters. The van der Waals surface area contributed by atoms with Gasteiger partial charge in [-0.2, -0.15) is 0 Å². The van der Waals surface area contributed by atoms with Crippen LogP contribution in [0, 0.1) is 0 Å². The fraction of sp³-hybridized carbons (Fsp3) is 0.667. The van der Waals surface area contributed by atoms with Crippen LogP contribution in [-0.2, 0) is 0 Å². The lowest BCUT2D eigenvalue weighted by atomic mass is 9.94. The second-order valence-corrected chi connectivity index (χ2v) is 4.55. The average molecular weight is 207 g/mol. The monoisotopic (exact) mass is 207 g/mol. The summed E-state index contributed by atoms with van der Waals surface area (Å²) in [6, 6.07) is 0.690. The predicted molar refractivity (Wildman–Crippen MR) is 63.0 cm³/mol. The van der Waals surface area contributed by atoms with E-state index in [1.54, 1.807) is 0 Å². The highest BCUT2D eigenvalue weighted by Gasteiger charge is 2.25. The van der Waals surface area contributed by atoms with E-state index in [0.717, 1.165) is 5.70 Å². The Balaban J connectivity index is 1.97. The molecule has 1 fully saturated rings. The number of hydrogen-bond acceptors (Lipinski definition) is 3. The van der Waals surface area contributed by atoms with E-state index >= 15 is 0 Å². The molecule has 0 amide bonds. The van der Waals surface area contributed by atoms with Crippen molar-refractivity contribution in [3.05, 3.63) is 24.0 Å². The van der Waals surface area contributed by atoms with Crippen molar-refractivity contribution >= 4 is 0 Å². The van der Waals surface area contributed by atoms with Crippen LogP contribution < -0.4 is 11.1 Å². The normalized spacial score (nSPS) is 27.6. The first kappa shape index (κ1) is 10.6. The highest BCUT2D eigenvalue weighted by Crippen LogP contribution is 2.23. The van der Waals surface area contributed by atoms with Gasteiger partial charge in [-0.1, -0.05) is 19.3 Å². The van der Waals surface area contributed by atoms with Crippen LogP contribution in [0.4, 0.5) is 0 Å². The summed E-state index contributed by atoms with van der Waals surface area (Å²) in [4.78, 5) is 2.38. The molecule has 1 aliphatic carbocycles. The number of hydrogen-bond donors (Lipinski definition) is 2. The van der Waals surface area contributed by atoms with Gasteiger partial charge in [0.2, 0.25) is 0 Å². The SMILES string of the molecule is CN(C1CCCCC1)C1NC=CC=C1N. The lowest BCUT2D eigenvalue weighted by Gasteiger charge is -2.38. The average Bonchev–Trinajstić information content (AvgIpc) is 2.30. The van der Waals surface area contributed by atoms with E-state index < -0.39 is 0 Å². The number of nitrogens with two attached hydrogens (primary N) is 1. The van der Waals surface area contributed by atoms with Gasteiger partial charge in [-0.25, -0.2) is 0 Å². The van der Waals surface area contributed by atoms with E-state index in [1.807, 2.05) is 18.4 Å². The third-order valence-corrected chi connectivity index (χ3v) is 3.51. The van der Waals surface area contributed by atoms with Gasteiger partial charge >= 0.3 is 0 Å². The molecule has 2 rings (SSSR count). The molecule has 1 heterocycles. The maximum absolute atomic E-state index is 5.99. The Kier molecular flexibility index (Phi) is 3.31. The number of likely N-dealkylation sites (N-methyl/N-ethyl adjacent to an activating group) is 1. The number of nitrogens with zero attached hydrogens (tertiary/aromatic N) is 1. The summed E-state index contributed by atoms with van der Waals surface area (Å²) >= 11 is 0. The number of rotatable bonds is 2. The first-order valence-corrected chi connectivity index (χ1v) is 5.89. The van der Waals surface area contributed by atoms with Gasteiger partial charge in [-0.15, -0.1) is 0 Å². The fourth-order valence-corrected chi connectivity index (χ4v) is 2.55. The first-order valence-electron chi connectivity index (χ1n) is 5.89. The van der Waals surface area contributed by atoms with E-state index in [-0.39, 0.29) is 6.17 Å². The molecule has 0 saturated heterocycles. The minimum absolute atomic E-state index is 0.193. The van der Waals surface area contributed by atoms with Crippen LogP contribution in [0.25, 0.3) is 0 Å². The summed E-state index contributed by atoms with van der Waals surface area (Å²) in [6.07, 6.45) is 12.9. The fourth-order valence-electron chi connectivity index (χ4n) is 2.55. The molecule has 84 valence electrons. The van der Waals surface area contributed by atoms with Crippen molar-refractivity contribution in [1.29, 1.82) is 0 Å². The summed E-state index contributed by atoms with van der Waals surface area (Å²) < 4.78 is 0. The maximum Gasteiger partial charge on any atom is 0.120 e. The smallest absolute Gasteiger partial charge is 0.120 e. The van der Waals surface area contributed by atoms with Crippen LogP contribution in [0.3, 0.4) is 0 Å². The van der Waals surface area contributed by atoms with Crippen molar-refractivity contribution in [2.75, 3.05) is 7.05 Å². The molecule has 3 nitrogen and oxygen atoms in total. The van der Waals surface area contributed by atoms with Gasteiger partial charge in [0.05, 0.1) is 0 Å². The van der Waals surface area contributed by atoms with Gasteiger partial charge in [0.1, 0.15) is 6.17 Å². The van der Waals surface area contributed by atoms with E-state index in [9.17, 15) is 0 Å². The predicted octanol–water partition coefficient (Wildman–Crippen LogP) is 1.54. The molecule has 0 radical (unpaired) electrons. The van der Waals surface area contributed by atoms with Crippen LogP contribution in [0.1, 0.15) is 32.1 Å². The minimum atomic E-state index is 0.193. The summed E-state index contributed by atoms with van der Waals surface area (Å²) in [6.45, 7) is 0. The zero-order valence-corrected chi connectivity index (χ0v) is 9.45. The van der Waals surface area contributed by atoms with Gasteiger partial charge in [0.15, 0.2) is 0 Å². The van der Waals surface area contributed by atoms with Gasteiger partial charge in [0, 0.05) is 11.7 Å². The van der Waals surface area contributed by atoms with Gasteiger partial charge < -0.3 is 11.1 Å². The van der Waals surface area contributed by atoms with Crippen molar-refractivity contribution in [3.63, 3.8) is 0 Å². The van der Waals surface area contributed by atoms with E-state index in [4.69, 9.17) is 5.73 Å². The Bertz CT molecular complexity index is 264. The number of nitrogens with one attached hydrogen (secondary N) is 1. The van der Waals surface area contributed by atoms with Crippen molar-refractivity contribution in [1.82, 2.24) is 10.2 Å². The minimum Gasteiger partial charge on any atom is -0.399 e. The summed E-state index contributed by atoms with van der Waals surface area (Å²) in [5.41, 5.74) is 6.91. The molecular weight excluding hydrogens is 186 g/mol. The van der Waals surface area contributed by atoms with E-state index in [0.29, 0.717) is 6.04 Å². The van der Waals surface area contributed by atoms with Gasteiger partial charge in [0.25, 0.3) is 0 Å². The number of dihydropyridines is 1. The van der Waals surface area contributed by atoms with Crippen molar-refractivity contribution in [2.24, 2.45) is 5.73 Å². The zero-order valence-electron chi connectivity index (χ0n) is 9.45. The molecule has 3 N–H and O–H groups in total. The third-order valence-electron chi connectivity index (χ3n) is 3.51. The van der Waals surface area contributed by atoms with Gasteiger partial charge in [-0.05, 0) is 38.2 Å². The molecule has 3 heteroatoms. The Hall–Kier alpha value is -0.960. The lowest BCUT2D eigenvalue weighted by Crippen LogP contribution is -2.50. The topological polar surface area (TPSA) is 41.3 Å². The largest absolute Gasteiger partial charge is 0.399 e. The summed E-state index contributed by atoms with van der Waals surface area (Å²) in [5.74, 6) is 0. The molecule has 0 bridgehead atoms. The lowest BCUT2D eigenvalue weighted by molar-refractivity contribution is 0.141. The Labute approximate surface area is 92.0 Å². The Morgan fingerprint density at radius 2 is 2.07 bits per heavy atom. The molecule has 1 aliphatic heterocycles. The highest BCUT2D eigenvalue weighted by atomic mass is 15.3. The maximum atomic E-state index is 5.99. The molecule has 0 spiro atoms. The molecule has 2 aliphatic rings. The Morgan fingerprint density at radius 1 is 1.33 bits per heavy atom. The standard InChI is InChI=1S/C12H21N3/c1-15(10-6-3-2-4-7-10)12-11(13)8-5-9-14-12/h5,8-10,12,14H,2-4,6-7,13H2,1H3. The van der Waals surface area contributed by atoms with Crippen LogP contribution in [-0.4, -0.2) is 24.2 Å². The zero-order chi connectivity index (χ0) is 10.7. The summed E-state index contributed by atoms with van der Waals surface area (Å²) in [7, 11) is 2.17. The molecule has 1 saturated carbocycles. The molecule has 0 aromatic carbocycles. The van der Waals surface area contributed by atoms with E-state index in [1.165, 1.54) is 32.1 Å². The molecule has 0 aromatic rings. The van der Waals surface area contributed by atoms with Crippen LogP contribution in [0.5, 0.6) is 0 Å². The first-order chi connectivity index (χ1) is 7.29. The molecule has 0 aromatic heterocycles. The Morgan fingerprint density at radius 3 is 2.73 bits per heavy atom. The molecule has 15 heavy (non-hydrogen) atoms. The molecule has 1 unspecified atom stereocenters.